The third kappa shape index (κ3) is 5.85. The lowest BCUT2D eigenvalue weighted by molar-refractivity contribution is -0.158. The third-order valence-corrected chi connectivity index (χ3v) is 8.34. The van der Waals surface area contributed by atoms with Gasteiger partial charge in [0.2, 0.25) is 0 Å². The SMILES string of the molecule is CC.CCC(C)C.CCN.COc1ccc2c(c1)N(C)C1C(C)C(OC(C)=O)C3C=CCN4CCC21C34. The molecule has 5 rings (SSSR count). The number of likely N-dealkylation sites (N-methyl/N-ethyl adjacent to an activating group) is 1. The van der Waals surface area contributed by atoms with Crippen molar-refractivity contribution in [2.24, 2.45) is 23.5 Å². The Kier molecular flexibility index (Phi) is 11.5. The predicted octanol–water partition coefficient (Wildman–Crippen LogP) is 5.64. The molecule has 3 aliphatic heterocycles. The highest BCUT2D eigenvalue weighted by Crippen LogP contribution is 2.61. The van der Waals surface area contributed by atoms with Crippen molar-refractivity contribution in [3.8, 4) is 5.75 Å². The van der Waals surface area contributed by atoms with Crippen LogP contribution in [0.5, 0.6) is 5.75 Å². The van der Waals surface area contributed by atoms with Crippen molar-refractivity contribution >= 4 is 11.7 Å². The van der Waals surface area contributed by atoms with Crippen molar-refractivity contribution < 1.29 is 14.3 Å². The molecule has 6 unspecified atom stereocenters. The molecule has 2 fully saturated rings. The van der Waals surface area contributed by atoms with Crippen LogP contribution in [0, 0.1) is 17.8 Å². The molecule has 1 aromatic carbocycles. The minimum atomic E-state index is -0.178. The fourth-order valence-electron chi connectivity index (χ4n) is 6.81. The van der Waals surface area contributed by atoms with Gasteiger partial charge >= 0.3 is 5.97 Å². The molecule has 2 N–H and O–H groups in total. The molecule has 0 bridgehead atoms. The molecule has 6 nitrogen and oxygen atoms in total. The van der Waals surface area contributed by atoms with Crippen LogP contribution in [0.3, 0.4) is 0 Å². The zero-order chi connectivity index (χ0) is 27.9. The molecule has 1 spiro atoms. The Labute approximate surface area is 226 Å². The zero-order valence-corrected chi connectivity index (χ0v) is 25.1. The summed E-state index contributed by atoms with van der Waals surface area (Å²) < 4.78 is 11.4. The maximum atomic E-state index is 11.9. The van der Waals surface area contributed by atoms with E-state index in [1.165, 1.54) is 24.6 Å². The highest BCUT2D eigenvalue weighted by Gasteiger charge is 2.67. The van der Waals surface area contributed by atoms with Crippen LogP contribution >= 0.6 is 0 Å². The summed E-state index contributed by atoms with van der Waals surface area (Å²) >= 11 is 0. The Morgan fingerprint density at radius 2 is 1.84 bits per heavy atom. The smallest absolute Gasteiger partial charge is 0.302 e. The van der Waals surface area contributed by atoms with Crippen molar-refractivity contribution in [2.75, 3.05) is 38.7 Å². The van der Waals surface area contributed by atoms with Gasteiger partial charge in [0.15, 0.2) is 0 Å². The zero-order valence-electron chi connectivity index (χ0n) is 25.1. The molecule has 37 heavy (non-hydrogen) atoms. The quantitative estimate of drug-likeness (QED) is 0.415. The summed E-state index contributed by atoms with van der Waals surface area (Å²) in [7, 11) is 3.92. The Hall–Kier alpha value is -2.05. The summed E-state index contributed by atoms with van der Waals surface area (Å²) in [6, 6.07) is 7.25. The van der Waals surface area contributed by atoms with Crippen LogP contribution in [0.4, 0.5) is 5.69 Å². The molecular formula is C31H53N3O3. The highest BCUT2D eigenvalue weighted by atomic mass is 16.5. The van der Waals surface area contributed by atoms with Gasteiger partial charge in [0.1, 0.15) is 11.9 Å². The average Bonchev–Trinajstić information content (AvgIpc) is 3.40. The number of methoxy groups -OCH3 is 1. The Bertz CT molecular complexity index is 902. The lowest BCUT2D eigenvalue weighted by Gasteiger charge is -2.55. The number of hydrogen-bond acceptors (Lipinski definition) is 6. The molecule has 1 saturated heterocycles. The van der Waals surface area contributed by atoms with Gasteiger partial charge < -0.3 is 20.1 Å². The van der Waals surface area contributed by atoms with E-state index >= 15 is 0 Å². The molecular weight excluding hydrogens is 462 g/mol. The van der Waals surface area contributed by atoms with Crippen molar-refractivity contribution in [1.29, 1.82) is 0 Å². The third-order valence-electron chi connectivity index (χ3n) is 8.34. The first-order chi connectivity index (χ1) is 17.7. The van der Waals surface area contributed by atoms with E-state index < -0.39 is 0 Å². The molecule has 4 aliphatic rings. The summed E-state index contributed by atoms with van der Waals surface area (Å²) in [5, 5.41) is 0. The first-order valence-electron chi connectivity index (χ1n) is 14.4. The first-order valence-corrected chi connectivity index (χ1v) is 14.4. The van der Waals surface area contributed by atoms with E-state index in [1.807, 2.05) is 20.8 Å². The van der Waals surface area contributed by atoms with E-state index in [0.29, 0.717) is 12.1 Å². The number of benzene rings is 1. The maximum Gasteiger partial charge on any atom is 0.302 e. The van der Waals surface area contributed by atoms with Gasteiger partial charge in [0.25, 0.3) is 0 Å². The van der Waals surface area contributed by atoms with Gasteiger partial charge in [-0.1, -0.05) is 73.1 Å². The van der Waals surface area contributed by atoms with Crippen molar-refractivity contribution in [1.82, 2.24) is 4.90 Å². The van der Waals surface area contributed by atoms with E-state index in [4.69, 9.17) is 15.2 Å². The number of ether oxygens (including phenoxy) is 2. The predicted molar refractivity (Wildman–Crippen MR) is 155 cm³/mol. The second kappa shape index (κ2) is 13.7. The maximum absolute atomic E-state index is 11.9. The van der Waals surface area contributed by atoms with Gasteiger partial charge in [0.05, 0.1) is 7.11 Å². The topological polar surface area (TPSA) is 68.0 Å². The van der Waals surface area contributed by atoms with E-state index in [2.05, 4.69) is 74.9 Å². The van der Waals surface area contributed by atoms with Crippen LogP contribution in [0.2, 0.25) is 0 Å². The van der Waals surface area contributed by atoms with Gasteiger partial charge in [-0.3, -0.25) is 9.69 Å². The number of carbonyl (C=O) groups excluding carboxylic acids is 1. The fraction of sp³-hybridized carbons (Fsp3) is 0.710. The minimum Gasteiger partial charge on any atom is -0.497 e. The number of hydrogen-bond donors (Lipinski definition) is 1. The van der Waals surface area contributed by atoms with Crippen LogP contribution < -0.4 is 15.4 Å². The monoisotopic (exact) mass is 515 g/mol. The number of nitrogens with zero attached hydrogens (tertiary/aromatic N) is 2. The summed E-state index contributed by atoms with van der Waals surface area (Å²) in [4.78, 5) is 16.9. The standard InChI is InChI=1S/C22H28N2O3.C5H12.C2H7N.C2H6/c1-13-19(27-14(2)25)16-6-5-10-24-11-9-22(21(16)24)17-8-7-15(26-4)12-18(17)23(3)20(13)22;1-4-5(2)3;1-2-3;1-2/h5-8,12-13,16,19-21H,9-11H2,1-4H3;5H,4H2,1-3H3;2-3H2,1H3;1-2H3. The van der Waals surface area contributed by atoms with Gasteiger partial charge in [-0.05, 0) is 37.1 Å². The molecule has 1 saturated carbocycles. The number of anilines is 1. The molecule has 0 radical (unpaired) electrons. The van der Waals surface area contributed by atoms with Crippen LogP contribution in [0.15, 0.2) is 30.4 Å². The minimum absolute atomic E-state index is 0.0820. The Morgan fingerprint density at radius 1 is 1.22 bits per heavy atom. The molecule has 210 valence electrons. The Morgan fingerprint density at radius 3 is 2.38 bits per heavy atom. The van der Waals surface area contributed by atoms with E-state index in [0.717, 1.165) is 37.7 Å². The Balaban J connectivity index is 0.000000420. The summed E-state index contributed by atoms with van der Waals surface area (Å²) in [5.74, 6) is 2.10. The molecule has 6 heteroatoms. The number of carbonyl (C=O) groups is 1. The highest BCUT2D eigenvalue weighted by molar-refractivity contribution is 5.69. The van der Waals surface area contributed by atoms with E-state index in [1.54, 1.807) is 7.11 Å². The molecule has 1 aromatic rings. The molecule has 0 amide bonds. The summed E-state index contributed by atoms with van der Waals surface area (Å²) in [6.07, 6.45) is 6.95. The molecule has 3 heterocycles. The van der Waals surface area contributed by atoms with Gasteiger partial charge in [0, 0.05) is 61.6 Å². The summed E-state index contributed by atoms with van der Waals surface area (Å²) in [6.45, 7) is 19.2. The van der Waals surface area contributed by atoms with E-state index in [-0.39, 0.29) is 29.3 Å². The van der Waals surface area contributed by atoms with Crippen LogP contribution in [-0.4, -0.2) is 62.8 Å². The number of nitrogens with two attached hydrogens (primary N) is 1. The van der Waals surface area contributed by atoms with Crippen LogP contribution in [-0.2, 0) is 14.9 Å². The second-order valence-corrected chi connectivity index (χ2v) is 10.8. The van der Waals surface area contributed by atoms with Crippen LogP contribution in [0.1, 0.15) is 73.8 Å². The molecule has 6 atom stereocenters. The van der Waals surface area contributed by atoms with Gasteiger partial charge in [-0.2, -0.15) is 0 Å². The largest absolute Gasteiger partial charge is 0.497 e. The fourth-order valence-corrected chi connectivity index (χ4v) is 6.81. The number of fused-ring (bicyclic) bond motifs is 1. The van der Waals surface area contributed by atoms with Gasteiger partial charge in [-0.15, -0.1) is 0 Å². The van der Waals surface area contributed by atoms with Crippen molar-refractivity contribution in [3.63, 3.8) is 0 Å². The first kappa shape index (κ1) is 31.2. The second-order valence-electron chi connectivity index (χ2n) is 10.8. The molecule has 1 aliphatic carbocycles. The number of esters is 1. The van der Waals surface area contributed by atoms with E-state index in [9.17, 15) is 4.79 Å². The van der Waals surface area contributed by atoms with Crippen molar-refractivity contribution in [2.45, 2.75) is 91.8 Å². The van der Waals surface area contributed by atoms with Gasteiger partial charge in [-0.25, -0.2) is 0 Å². The van der Waals surface area contributed by atoms with Crippen LogP contribution in [0.25, 0.3) is 0 Å². The van der Waals surface area contributed by atoms with Crippen molar-refractivity contribution in [3.05, 3.63) is 35.9 Å². The summed E-state index contributed by atoms with van der Waals surface area (Å²) in [5.41, 5.74) is 7.64. The lowest BCUT2D eigenvalue weighted by atomic mass is 9.56. The number of rotatable bonds is 3. The normalized spacial score (nSPS) is 30.4. The molecule has 0 aromatic heterocycles. The average molecular weight is 516 g/mol. The lowest BCUT2D eigenvalue weighted by Crippen LogP contribution is -2.66.